The topological polar surface area (TPSA) is 39.2 Å². The molecule has 1 aliphatic carbocycles. The first-order valence-electron chi connectivity index (χ1n) is 13.5. The molecular weight excluding hydrogens is 406 g/mol. The molecule has 0 amide bonds. The average Bonchev–Trinajstić information content (AvgIpc) is 2.86. The van der Waals surface area contributed by atoms with Gasteiger partial charge in [0, 0.05) is 11.8 Å². The highest BCUT2D eigenvalue weighted by atomic mass is 16.5. The quantitative estimate of drug-likeness (QED) is 0.175. The molecule has 2 aromatic rings. The molecule has 1 heterocycles. The van der Waals surface area contributed by atoms with Gasteiger partial charge < -0.3 is 4.74 Å². The maximum atomic E-state index is 12.6. The summed E-state index contributed by atoms with van der Waals surface area (Å²) < 4.78 is 5.70. The molecule has 0 atom stereocenters. The lowest BCUT2D eigenvalue weighted by Crippen LogP contribution is -2.25. The van der Waals surface area contributed by atoms with Gasteiger partial charge in [0.1, 0.15) is 5.75 Å². The van der Waals surface area contributed by atoms with E-state index >= 15 is 0 Å². The normalized spacial score (nSPS) is 18.2. The number of aryl methyl sites for hydroxylation is 1. The molecule has 1 aromatic heterocycles. The van der Waals surface area contributed by atoms with Crippen LogP contribution in [0.1, 0.15) is 103 Å². The van der Waals surface area contributed by atoms with Crippen molar-refractivity contribution in [1.82, 2.24) is 4.98 Å². The van der Waals surface area contributed by atoms with Gasteiger partial charge in [-0.15, -0.1) is 0 Å². The van der Waals surface area contributed by atoms with E-state index in [9.17, 15) is 4.79 Å². The van der Waals surface area contributed by atoms with E-state index in [1.54, 1.807) is 0 Å². The number of carbonyl (C=O) groups is 1. The molecule has 1 aliphatic rings. The minimum Gasteiger partial charge on any atom is -0.426 e. The molecule has 0 spiro atoms. The first-order chi connectivity index (χ1) is 16.2. The van der Waals surface area contributed by atoms with Crippen molar-refractivity contribution in [2.75, 3.05) is 0 Å². The van der Waals surface area contributed by atoms with E-state index in [0.717, 1.165) is 36.4 Å². The van der Waals surface area contributed by atoms with Crippen molar-refractivity contribution in [3.8, 4) is 17.0 Å². The third-order valence-electron chi connectivity index (χ3n) is 7.16. The molecule has 3 heteroatoms. The highest BCUT2D eigenvalue weighted by Crippen LogP contribution is 2.33. The lowest BCUT2D eigenvalue weighted by Gasteiger charge is -2.27. The Bertz CT molecular complexity index is 804. The zero-order valence-electron chi connectivity index (χ0n) is 20.9. The van der Waals surface area contributed by atoms with Crippen LogP contribution in [0.2, 0.25) is 0 Å². The number of hydrogen-bond donors (Lipinski definition) is 0. The Hall–Kier alpha value is -2.16. The third kappa shape index (κ3) is 8.61. The second-order valence-corrected chi connectivity index (χ2v) is 9.87. The zero-order chi connectivity index (χ0) is 23.3. The summed E-state index contributed by atoms with van der Waals surface area (Å²) in [5.41, 5.74) is 3.33. The van der Waals surface area contributed by atoms with Crippen molar-refractivity contribution in [2.24, 2.45) is 11.8 Å². The largest absolute Gasteiger partial charge is 0.426 e. The average molecular weight is 450 g/mol. The van der Waals surface area contributed by atoms with Gasteiger partial charge in [-0.25, -0.2) is 0 Å². The molecule has 0 N–H and O–H groups in total. The predicted octanol–water partition coefficient (Wildman–Crippen LogP) is 8.55. The Balaban J connectivity index is 1.43. The van der Waals surface area contributed by atoms with E-state index in [1.807, 2.05) is 30.5 Å². The summed E-state index contributed by atoms with van der Waals surface area (Å²) in [5.74, 6) is 1.44. The molecular formula is C30H43NO2. The Morgan fingerprint density at radius 3 is 2.21 bits per heavy atom. The first kappa shape index (κ1) is 25.5. The number of rotatable bonds is 13. The van der Waals surface area contributed by atoms with Crippen LogP contribution in [0.3, 0.4) is 0 Å². The second kappa shape index (κ2) is 14.2. The fraction of sp³-hybridized carbons (Fsp3) is 0.600. The summed E-state index contributed by atoms with van der Waals surface area (Å²) in [6.07, 6.45) is 19.2. The van der Waals surface area contributed by atoms with Crippen LogP contribution in [0, 0.1) is 11.8 Å². The standard InChI is InChI=1S/C30H43NO2/c1-3-5-7-8-9-10-12-25-15-22-29(31-23-25)26-18-20-28(21-19-26)33-30(32)27-16-13-24(14-17-27)11-6-4-2/h15,18-24,27H,3-14,16-17H2,1-2H3/t24-,27-. The number of esters is 1. The molecule has 0 saturated heterocycles. The van der Waals surface area contributed by atoms with Gasteiger partial charge in [-0.05, 0) is 80.3 Å². The molecule has 0 bridgehead atoms. The van der Waals surface area contributed by atoms with Gasteiger partial charge in [0.15, 0.2) is 0 Å². The number of ether oxygens (including phenoxy) is 1. The summed E-state index contributed by atoms with van der Waals surface area (Å²) in [7, 11) is 0. The maximum Gasteiger partial charge on any atom is 0.314 e. The van der Waals surface area contributed by atoms with E-state index < -0.39 is 0 Å². The lowest BCUT2D eigenvalue weighted by atomic mass is 9.80. The number of aromatic nitrogens is 1. The molecule has 1 saturated carbocycles. The fourth-order valence-corrected chi connectivity index (χ4v) is 4.93. The number of benzene rings is 1. The number of carbonyl (C=O) groups excluding carboxylic acids is 1. The van der Waals surface area contributed by atoms with Gasteiger partial charge in [0.2, 0.25) is 0 Å². The monoisotopic (exact) mass is 449 g/mol. The second-order valence-electron chi connectivity index (χ2n) is 9.87. The SMILES string of the molecule is CCCCCCCCc1ccc(-c2ccc(OC(=O)[C@H]3CC[C@H](CCCC)CC3)cc2)nc1. The molecule has 3 nitrogen and oxygen atoms in total. The number of pyridine rings is 1. The van der Waals surface area contributed by atoms with Gasteiger partial charge in [-0.2, -0.15) is 0 Å². The van der Waals surface area contributed by atoms with Gasteiger partial charge in [0.05, 0.1) is 11.6 Å². The molecule has 0 aliphatic heterocycles. The van der Waals surface area contributed by atoms with Crippen LogP contribution >= 0.6 is 0 Å². The van der Waals surface area contributed by atoms with Gasteiger partial charge in [-0.1, -0.05) is 71.3 Å². The van der Waals surface area contributed by atoms with Gasteiger partial charge in [0.25, 0.3) is 0 Å². The highest BCUT2D eigenvalue weighted by Gasteiger charge is 2.27. The van der Waals surface area contributed by atoms with E-state index in [-0.39, 0.29) is 11.9 Å². The minimum absolute atomic E-state index is 0.0587. The van der Waals surface area contributed by atoms with Gasteiger partial charge in [-0.3, -0.25) is 9.78 Å². The summed E-state index contributed by atoms with van der Waals surface area (Å²) in [4.78, 5) is 17.3. The molecule has 1 fully saturated rings. The minimum atomic E-state index is -0.0612. The summed E-state index contributed by atoms with van der Waals surface area (Å²) in [6, 6.07) is 12.1. The zero-order valence-corrected chi connectivity index (χ0v) is 20.9. The molecule has 3 rings (SSSR count). The maximum absolute atomic E-state index is 12.6. The van der Waals surface area contributed by atoms with Crippen LogP contribution < -0.4 is 4.74 Å². The van der Waals surface area contributed by atoms with Crippen LogP contribution in [0.25, 0.3) is 11.3 Å². The van der Waals surface area contributed by atoms with Crippen molar-refractivity contribution < 1.29 is 9.53 Å². The predicted molar refractivity (Wildman–Crippen MR) is 137 cm³/mol. The van der Waals surface area contributed by atoms with Crippen molar-refractivity contribution in [1.29, 1.82) is 0 Å². The molecule has 1 aromatic carbocycles. The Morgan fingerprint density at radius 1 is 0.848 bits per heavy atom. The summed E-state index contributed by atoms with van der Waals surface area (Å²) in [5, 5.41) is 0. The molecule has 0 unspecified atom stereocenters. The van der Waals surface area contributed by atoms with Crippen molar-refractivity contribution in [3.05, 3.63) is 48.2 Å². The Morgan fingerprint density at radius 2 is 1.55 bits per heavy atom. The van der Waals surface area contributed by atoms with E-state index in [4.69, 9.17) is 4.74 Å². The molecule has 180 valence electrons. The smallest absolute Gasteiger partial charge is 0.314 e. The number of nitrogens with zero attached hydrogens (tertiary/aromatic N) is 1. The number of unbranched alkanes of at least 4 members (excludes halogenated alkanes) is 6. The van der Waals surface area contributed by atoms with E-state index in [2.05, 4.69) is 31.0 Å². The van der Waals surface area contributed by atoms with Crippen LogP contribution in [0.15, 0.2) is 42.6 Å². The van der Waals surface area contributed by atoms with Gasteiger partial charge >= 0.3 is 5.97 Å². The van der Waals surface area contributed by atoms with Crippen molar-refractivity contribution >= 4 is 5.97 Å². The van der Waals surface area contributed by atoms with Crippen LogP contribution in [-0.4, -0.2) is 11.0 Å². The third-order valence-corrected chi connectivity index (χ3v) is 7.16. The van der Waals surface area contributed by atoms with Crippen molar-refractivity contribution in [2.45, 2.75) is 104 Å². The lowest BCUT2D eigenvalue weighted by molar-refractivity contribution is -0.140. The molecule has 0 radical (unpaired) electrons. The van der Waals surface area contributed by atoms with E-state index in [1.165, 1.54) is 76.2 Å². The first-order valence-corrected chi connectivity index (χ1v) is 13.5. The number of hydrogen-bond acceptors (Lipinski definition) is 3. The Labute approximate surface area is 201 Å². The van der Waals surface area contributed by atoms with Crippen LogP contribution in [0.5, 0.6) is 5.75 Å². The Kier molecular flexibility index (Phi) is 10.9. The summed E-state index contributed by atoms with van der Waals surface area (Å²) in [6.45, 7) is 4.50. The summed E-state index contributed by atoms with van der Waals surface area (Å²) >= 11 is 0. The van der Waals surface area contributed by atoms with Crippen LogP contribution in [0.4, 0.5) is 0 Å². The highest BCUT2D eigenvalue weighted by molar-refractivity contribution is 5.75. The fourth-order valence-electron chi connectivity index (χ4n) is 4.93. The van der Waals surface area contributed by atoms with E-state index in [0.29, 0.717) is 5.75 Å². The van der Waals surface area contributed by atoms with Crippen LogP contribution in [-0.2, 0) is 11.2 Å². The van der Waals surface area contributed by atoms with Crippen molar-refractivity contribution in [3.63, 3.8) is 0 Å². The molecule has 33 heavy (non-hydrogen) atoms.